The van der Waals surface area contributed by atoms with Gasteiger partial charge >= 0.3 is 0 Å². The number of hydrogen-bond acceptors (Lipinski definition) is 2. The van der Waals surface area contributed by atoms with E-state index in [1.54, 1.807) is 0 Å². The van der Waals surface area contributed by atoms with E-state index in [0.717, 1.165) is 13.0 Å². The molecule has 0 fully saturated rings. The molecule has 19 heavy (non-hydrogen) atoms. The molecule has 0 spiro atoms. The first-order valence-electron chi connectivity index (χ1n) is 8.00. The minimum Gasteiger partial charge on any atom is -0.420 e. The maximum atomic E-state index is 6.25. The molecule has 1 aromatic heterocycles. The maximum Gasteiger partial charge on any atom is 0.176 e. The molecule has 0 atom stereocenters. The van der Waals surface area contributed by atoms with Crippen LogP contribution >= 0.6 is 11.3 Å². The first-order valence-corrected chi connectivity index (χ1v) is 11.0. The second-order valence-corrected chi connectivity index (χ2v) is 9.08. The van der Waals surface area contributed by atoms with E-state index in [9.17, 15) is 0 Å². The van der Waals surface area contributed by atoms with Crippen molar-refractivity contribution in [3.8, 4) is 0 Å². The van der Waals surface area contributed by atoms with Crippen LogP contribution in [0, 0.1) is 0 Å². The molecule has 1 heterocycles. The third kappa shape index (κ3) is 8.61. The van der Waals surface area contributed by atoms with Gasteiger partial charge in [-0.3, -0.25) is 0 Å². The van der Waals surface area contributed by atoms with Crippen molar-refractivity contribution in [1.29, 1.82) is 0 Å². The molecular formula is C16H30OSSi. The lowest BCUT2D eigenvalue weighted by molar-refractivity contribution is 0.321. The predicted octanol–water partition coefficient (Wildman–Crippen LogP) is 5.41. The highest BCUT2D eigenvalue weighted by Crippen LogP contribution is 2.15. The summed E-state index contributed by atoms with van der Waals surface area (Å²) in [6.07, 6.45) is 9.30. The van der Waals surface area contributed by atoms with Crippen LogP contribution in [0.1, 0.15) is 57.2 Å². The number of rotatable bonds is 12. The van der Waals surface area contributed by atoms with Gasteiger partial charge in [0.25, 0.3) is 0 Å². The van der Waals surface area contributed by atoms with E-state index in [2.05, 4.69) is 31.4 Å². The van der Waals surface area contributed by atoms with Gasteiger partial charge in [-0.05, 0) is 23.5 Å². The smallest absolute Gasteiger partial charge is 0.176 e. The molecule has 3 heteroatoms. The van der Waals surface area contributed by atoms with Gasteiger partial charge in [0.05, 0.1) is 0 Å². The zero-order valence-electron chi connectivity index (χ0n) is 12.7. The molecule has 0 aromatic carbocycles. The Bertz CT molecular complexity index is 277. The van der Waals surface area contributed by atoms with E-state index in [1.165, 1.54) is 55.5 Å². The van der Waals surface area contributed by atoms with Crippen molar-refractivity contribution in [1.82, 2.24) is 0 Å². The molecule has 1 aromatic rings. The Morgan fingerprint density at radius 2 is 1.74 bits per heavy atom. The molecule has 1 nitrogen and oxygen atoms in total. The lowest BCUT2D eigenvalue weighted by Gasteiger charge is -2.16. The van der Waals surface area contributed by atoms with Crippen molar-refractivity contribution in [2.45, 2.75) is 70.9 Å². The van der Waals surface area contributed by atoms with Crippen molar-refractivity contribution in [2.24, 2.45) is 0 Å². The normalized spacial score (nSPS) is 11.3. The second-order valence-electron chi connectivity index (χ2n) is 5.31. The standard InChI is InChI=1S/C16H30OSSi/c1-3-5-7-14-19(15-8-6-4-2)17-12-11-16-10-9-13-18-16/h9-10,13,19H,3-8,11-12,14-15H2,1-2H3. The summed E-state index contributed by atoms with van der Waals surface area (Å²) in [6.45, 7) is 5.52. The van der Waals surface area contributed by atoms with Crippen LogP contribution in [0.4, 0.5) is 0 Å². The number of hydrogen-bond donors (Lipinski definition) is 0. The van der Waals surface area contributed by atoms with Crippen molar-refractivity contribution >= 4 is 20.4 Å². The van der Waals surface area contributed by atoms with Gasteiger partial charge in [0.1, 0.15) is 0 Å². The zero-order chi connectivity index (χ0) is 13.8. The number of unbranched alkanes of at least 4 members (excludes halogenated alkanes) is 4. The third-order valence-electron chi connectivity index (χ3n) is 3.54. The molecule has 110 valence electrons. The molecule has 0 aliphatic carbocycles. The Kier molecular flexibility index (Phi) is 10.4. The summed E-state index contributed by atoms with van der Waals surface area (Å²) in [5.41, 5.74) is 0. The Morgan fingerprint density at radius 3 is 2.26 bits per heavy atom. The fourth-order valence-electron chi connectivity index (χ4n) is 2.34. The molecule has 0 unspecified atom stereocenters. The summed E-state index contributed by atoms with van der Waals surface area (Å²) in [5, 5.41) is 2.16. The largest absolute Gasteiger partial charge is 0.420 e. The van der Waals surface area contributed by atoms with E-state index in [4.69, 9.17) is 4.43 Å². The van der Waals surface area contributed by atoms with E-state index >= 15 is 0 Å². The maximum absolute atomic E-state index is 6.25. The predicted molar refractivity (Wildman–Crippen MR) is 89.8 cm³/mol. The average Bonchev–Trinajstić information content (AvgIpc) is 2.92. The van der Waals surface area contributed by atoms with Gasteiger partial charge in [-0.15, -0.1) is 11.3 Å². The van der Waals surface area contributed by atoms with Crippen LogP contribution in [0.15, 0.2) is 17.5 Å². The molecule has 0 N–H and O–H groups in total. The molecule has 0 saturated carbocycles. The third-order valence-corrected chi connectivity index (χ3v) is 7.29. The van der Waals surface area contributed by atoms with Gasteiger partial charge < -0.3 is 4.43 Å². The fourth-order valence-corrected chi connectivity index (χ4v) is 5.59. The van der Waals surface area contributed by atoms with Gasteiger partial charge in [-0.1, -0.05) is 58.4 Å². The summed E-state index contributed by atoms with van der Waals surface area (Å²) in [7, 11) is -0.914. The van der Waals surface area contributed by atoms with E-state index in [0.29, 0.717) is 0 Å². The van der Waals surface area contributed by atoms with E-state index in [1.807, 2.05) is 11.3 Å². The topological polar surface area (TPSA) is 9.23 Å². The minimum atomic E-state index is -0.914. The Hall–Kier alpha value is -0.123. The highest BCUT2D eigenvalue weighted by atomic mass is 32.1. The van der Waals surface area contributed by atoms with Crippen LogP contribution < -0.4 is 0 Å². The first kappa shape index (κ1) is 16.9. The number of thiophene rings is 1. The van der Waals surface area contributed by atoms with Crippen LogP contribution in [0.3, 0.4) is 0 Å². The zero-order valence-corrected chi connectivity index (χ0v) is 14.7. The lowest BCUT2D eigenvalue weighted by atomic mass is 10.3. The SMILES string of the molecule is CCCCC[SiH](CCCCC)OCCc1cccs1. The average molecular weight is 299 g/mol. The monoisotopic (exact) mass is 298 g/mol. The summed E-state index contributed by atoms with van der Waals surface area (Å²) in [4.78, 5) is 1.47. The lowest BCUT2D eigenvalue weighted by Crippen LogP contribution is -2.19. The first-order chi connectivity index (χ1) is 9.36. The Labute approximate surface area is 125 Å². The molecule has 0 amide bonds. The minimum absolute atomic E-state index is 0.914. The second kappa shape index (κ2) is 11.7. The van der Waals surface area contributed by atoms with Crippen molar-refractivity contribution in [3.05, 3.63) is 22.4 Å². The molecule has 0 aliphatic rings. The van der Waals surface area contributed by atoms with Crippen LogP contribution in [-0.2, 0) is 10.8 Å². The summed E-state index contributed by atoms with van der Waals surface area (Å²) in [5.74, 6) is 0. The molecule has 1 rings (SSSR count). The highest BCUT2D eigenvalue weighted by molar-refractivity contribution is 7.09. The molecular weight excluding hydrogens is 268 g/mol. The molecule has 0 saturated heterocycles. The van der Waals surface area contributed by atoms with Crippen LogP contribution in [0.2, 0.25) is 12.1 Å². The Balaban J connectivity index is 2.18. The van der Waals surface area contributed by atoms with Crippen molar-refractivity contribution < 1.29 is 4.43 Å². The summed E-state index contributed by atoms with van der Waals surface area (Å²) < 4.78 is 6.25. The summed E-state index contributed by atoms with van der Waals surface area (Å²) in [6, 6.07) is 7.14. The van der Waals surface area contributed by atoms with Gasteiger partial charge in [-0.2, -0.15) is 0 Å². The van der Waals surface area contributed by atoms with Crippen molar-refractivity contribution in [3.63, 3.8) is 0 Å². The van der Waals surface area contributed by atoms with Crippen LogP contribution in [0.25, 0.3) is 0 Å². The van der Waals surface area contributed by atoms with Gasteiger partial charge in [-0.25, -0.2) is 0 Å². The van der Waals surface area contributed by atoms with E-state index in [-0.39, 0.29) is 0 Å². The summed E-state index contributed by atoms with van der Waals surface area (Å²) >= 11 is 1.85. The Morgan fingerprint density at radius 1 is 1.05 bits per heavy atom. The quantitative estimate of drug-likeness (QED) is 0.370. The molecule has 0 bridgehead atoms. The fraction of sp³-hybridized carbons (Fsp3) is 0.750. The van der Waals surface area contributed by atoms with Gasteiger partial charge in [0, 0.05) is 17.9 Å². The van der Waals surface area contributed by atoms with Crippen molar-refractivity contribution in [2.75, 3.05) is 6.61 Å². The van der Waals surface area contributed by atoms with Crippen LogP contribution in [0.5, 0.6) is 0 Å². The van der Waals surface area contributed by atoms with Gasteiger partial charge in [0.15, 0.2) is 9.04 Å². The molecule has 0 radical (unpaired) electrons. The van der Waals surface area contributed by atoms with E-state index < -0.39 is 9.04 Å². The molecule has 0 aliphatic heterocycles. The highest BCUT2D eigenvalue weighted by Gasteiger charge is 2.11. The van der Waals surface area contributed by atoms with Gasteiger partial charge in [0.2, 0.25) is 0 Å². The van der Waals surface area contributed by atoms with Crippen LogP contribution in [-0.4, -0.2) is 15.6 Å².